The van der Waals surface area contributed by atoms with Crippen molar-refractivity contribution >= 4 is 21.8 Å². The fourth-order valence-corrected chi connectivity index (χ4v) is 3.80. The van der Waals surface area contributed by atoms with E-state index in [0.717, 1.165) is 16.6 Å². The third kappa shape index (κ3) is 6.86. The van der Waals surface area contributed by atoms with E-state index in [0.29, 0.717) is 24.1 Å². The summed E-state index contributed by atoms with van der Waals surface area (Å²) >= 11 is 3.52. The third-order valence-corrected chi connectivity index (χ3v) is 5.02. The minimum absolute atomic E-state index is 0.168. The molecule has 0 radical (unpaired) electrons. The van der Waals surface area contributed by atoms with Gasteiger partial charge in [0.15, 0.2) is 18.1 Å². The maximum absolute atomic E-state index is 11.0. The van der Waals surface area contributed by atoms with Crippen LogP contribution < -0.4 is 20.5 Å². The number of benzene rings is 1. The van der Waals surface area contributed by atoms with Crippen molar-refractivity contribution in [3.63, 3.8) is 0 Å². The molecule has 0 aliphatic heterocycles. The molecule has 1 aliphatic carbocycles. The first-order valence-corrected chi connectivity index (χ1v) is 9.99. The van der Waals surface area contributed by atoms with Crippen LogP contribution >= 0.6 is 15.9 Å². The van der Waals surface area contributed by atoms with Crippen LogP contribution in [0, 0.1) is 0 Å². The summed E-state index contributed by atoms with van der Waals surface area (Å²) in [4.78, 5) is 11.0. The van der Waals surface area contributed by atoms with Crippen molar-refractivity contribution in [1.82, 2.24) is 5.32 Å². The van der Waals surface area contributed by atoms with Crippen molar-refractivity contribution in [3.05, 3.63) is 22.2 Å². The van der Waals surface area contributed by atoms with Crippen molar-refractivity contribution in [2.75, 3.05) is 13.2 Å². The van der Waals surface area contributed by atoms with E-state index in [9.17, 15) is 4.79 Å². The number of rotatable bonds is 8. The number of carbonyl (C=O) groups is 1. The zero-order valence-electron chi connectivity index (χ0n) is 15.0. The topological polar surface area (TPSA) is 73.6 Å². The fraction of sp³-hybridized carbons (Fsp3) is 0.632. The highest BCUT2D eigenvalue weighted by molar-refractivity contribution is 9.10. The lowest BCUT2D eigenvalue weighted by Crippen LogP contribution is -2.29. The molecule has 0 saturated heterocycles. The number of carbonyl (C=O) groups excluding carboxylic acids is 1. The van der Waals surface area contributed by atoms with Crippen LogP contribution in [0.5, 0.6) is 11.5 Å². The summed E-state index contributed by atoms with van der Waals surface area (Å²) in [5.74, 6) is 0.646. The first-order valence-electron chi connectivity index (χ1n) is 9.20. The average Bonchev–Trinajstić information content (AvgIpc) is 2.53. The molecule has 2 rings (SSSR count). The number of hydrogen-bond donors (Lipinski definition) is 2. The molecule has 0 unspecified atom stereocenters. The summed E-state index contributed by atoms with van der Waals surface area (Å²) < 4.78 is 12.0. The number of primary amides is 1. The largest absolute Gasteiger partial charge is 0.490 e. The molecule has 3 N–H and O–H groups in total. The molecule has 0 spiro atoms. The molecule has 140 valence electrons. The van der Waals surface area contributed by atoms with Gasteiger partial charge in [-0.3, -0.25) is 4.79 Å². The Bertz CT molecular complexity index is 558. The first kappa shape index (κ1) is 20.0. The summed E-state index contributed by atoms with van der Waals surface area (Å²) in [6.45, 7) is 3.07. The van der Waals surface area contributed by atoms with Crippen molar-refractivity contribution in [1.29, 1.82) is 0 Å². The van der Waals surface area contributed by atoms with E-state index in [1.54, 1.807) is 0 Å². The third-order valence-electron chi connectivity index (χ3n) is 4.43. The molecule has 0 atom stereocenters. The molecule has 0 aromatic heterocycles. The lowest BCUT2D eigenvalue weighted by molar-refractivity contribution is -0.119. The van der Waals surface area contributed by atoms with E-state index in [2.05, 4.69) is 21.2 Å². The quantitative estimate of drug-likeness (QED) is 0.678. The second kappa shape index (κ2) is 10.7. The number of nitrogens with one attached hydrogen (secondary N) is 1. The Labute approximate surface area is 158 Å². The number of nitrogens with two attached hydrogens (primary N) is 1. The Morgan fingerprint density at radius 2 is 1.88 bits per heavy atom. The monoisotopic (exact) mass is 412 g/mol. The van der Waals surface area contributed by atoms with Crippen LogP contribution in [0.3, 0.4) is 0 Å². The van der Waals surface area contributed by atoms with Crippen LogP contribution in [0.25, 0.3) is 0 Å². The number of hydrogen-bond acceptors (Lipinski definition) is 4. The average molecular weight is 413 g/mol. The van der Waals surface area contributed by atoms with Gasteiger partial charge in [0.05, 0.1) is 11.1 Å². The van der Waals surface area contributed by atoms with E-state index in [-0.39, 0.29) is 6.61 Å². The maximum Gasteiger partial charge on any atom is 0.255 e. The molecular weight excluding hydrogens is 384 g/mol. The minimum atomic E-state index is -0.510. The summed E-state index contributed by atoms with van der Waals surface area (Å²) in [5, 5.41) is 3.68. The zero-order chi connectivity index (χ0) is 18.1. The molecular formula is C19H29BrN2O3. The van der Waals surface area contributed by atoms with Crippen molar-refractivity contribution in [3.8, 4) is 11.5 Å². The molecule has 0 bridgehead atoms. The summed E-state index contributed by atoms with van der Waals surface area (Å²) in [5.41, 5.74) is 6.30. The minimum Gasteiger partial charge on any atom is -0.490 e. The smallest absolute Gasteiger partial charge is 0.255 e. The van der Waals surface area contributed by atoms with Gasteiger partial charge in [-0.05, 0) is 53.4 Å². The molecule has 1 aromatic rings. The Kier molecular flexibility index (Phi) is 8.55. The van der Waals surface area contributed by atoms with Crippen LogP contribution in [0.1, 0.15) is 57.4 Å². The molecule has 1 aliphatic rings. The predicted molar refractivity (Wildman–Crippen MR) is 103 cm³/mol. The van der Waals surface area contributed by atoms with Gasteiger partial charge >= 0.3 is 0 Å². The fourth-order valence-electron chi connectivity index (χ4n) is 3.19. The molecule has 6 heteroatoms. The summed E-state index contributed by atoms with van der Waals surface area (Å²) in [6, 6.07) is 4.57. The first-order chi connectivity index (χ1) is 12.1. The van der Waals surface area contributed by atoms with Gasteiger partial charge in [-0.1, -0.05) is 32.1 Å². The number of halogens is 1. The normalized spacial score (nSPS) is 16.1. The van der Waals surface area contributed by atoms with Crippen LogP contribution in [0.15, 0.2) is 16.6 Å². The lowest BCUT2D eigenvalue weighted by Gasteiger charge is -2.22. The van der Waals surface area contributed by atoms with E-state index in [1.165, 1.54) is 44.9 Å². The highest BCUT2D eigenvalue weighted by atomic mass is 79.9. The van der Waals surface area contributed by atoms with E-state index in [1.807, 2.05) is 19.1 Å². The second-order valence-electron chi connectivity index (χ2n) is 6.52. The van der Waals surface area contributed by atoms with Gasteiger partial charge in [0.25, 0.3) is 5.91 Å². The molecule has 1 aromatic carbocycles. The van der Waals surface area contributed by atoms with Gasteiger partial charge < -0.3 is 20.5 Å². The van der Waals surface area contributed by atoms with Crippen LogP contribution in [0.2, 0.25) is 0 Å². The van der Waals surface area contributed by atoms with Crippen LogP contribution in [-0.4, -0.2) is 25.2 Å². The highest BCUT2D eigenvalue weighted by Crippen LogP contribution is 2.37. The lowest BCUT2D eigenvalue weighted by atomic mass is 9.96. The zero-order valence-corrected chi connectivity index (χ0v) is 16.6. The van der Waals surface area contributed by atoms with Gasteiger partial charge in [0, 0.05) is 12.6 Å². The SMILES string of the molecule is CCOc1cc(CNC2CCCCCCC2)cc(Br)c1OCC(N)=O. The van der Waals surface area contributed by atoms with Gasteiger partial charge in [-0.25, -0.2) is 0 Å². The van der Waals surface area contributed by atoms with Crippen molar-refractivity contribution in [2.24, 2.45) is 5.73 Å². The van der Waals surface area contributed by atoms with Crippen molar-refractivity contribution in [2.45, 2.75) is 64.5 Å². The standard InChI is InChI=1S/C19H29BrN2O3/c1-2-24-17-11-14(10-16(20)19(17)25-13-18(21)23)12-22-15-8-6-4-3-5-7-9-15/h10-11,15,22H,2-9,12-13H2,1H3,(H2,21,23). The molecule has 1 amide bonds. The molecule has 1 saturated carbocycles. The maximum atomic E-state index is 11.0. The Morgan fingerprint density at radius 1 is 1.20 bits per heavy atom. The summed E-state index contributed by atoms with van der Waals surface area (Å²) in [6.07, 6.45) is 9.20. The molecule has 0 heterocycles. The molecule has 5 nitrogen and oxygen atoms in total. The molecule has 1 fully saturated rings. The summed E-state index contributed by atoms with van der Waals surface area (Å²) in [7, 11) is 0. The predicted octanol–water partition coefficient (Wildman–Crippen LogP) is 3.91. The van der Waals surface area contributed by atoms with E-state index >= 15 is 0 Å². The van der Waals surface area contributed by atoms with E-state index < -0.39 is 5.91 Å². The number of amides is 1. The second-order valence-corrected chi connectivity index (χ2v) is 7.37. The van der Waals surface area contributed by atoms with E-state index in [4.69, 9.17) is 15.2 Å². The van der Waals surface area contributed by atoms with Crippen LogP contribution in [-0.2, 0) is 11.3 Å². The molecule has 25 heavy (non-hydrogen) atoms. The Morgan fingerprint density at radius 3 is 2.52 bits per heavy atom. The van der Waals surface area contributed by atoms with Crippen LogP contribution in [0.4, 0.5) is 0 Å². The van der Waals surface area contributed by atoms with Gasteiger partial charge in [0.1, 0.15) is 0 Å². The van der Waals surface area contributed by atoms with Gasteiger partial charge in [-0.15, -0.1) is 0 Å². The Balaban J connectivity index is 2.03. The van der Waals surface area contributed by atoms with Gasteiger partial charge in [-0.2, -0.15) is 0 Å². The van der Waals surface area contributed by atoms with Gasteiger partial charge in [0.2, 0.25) is 0 Å². The number of ether oxygens (including phenoxy) is 2. The highest BCUT2D eigenvalue weighted by Gasteiger charge is 2.15. The van der Waals surface area contributed by atoms with Crippen molar-refractivity contribution < 1.29 is 14.3 Å². The Hall–Kier alpha value is -1.27.